The van der Waals surface area contributed by atoms with E-state index in [9.17, 15) is 22.4 Å². The van der Waals surface area contributed by atoms with Crippen LogP contribution in [0.5, 0.6) is 0 Å². The number of carbonyl (C=O) groups is 1. The largest absolute Gasteiger partial charge is 0.416 e. The third-order valence-electron chi connectivity index (χ3n) is 5.61. The Hall–Kier alpha value is -2.48. The van der Waals surface area contributed by atoms with E-state index in [2.05, 4.69) is 10.3 Å². The first kappa shape index (κ1) is 18.9. The third-order valence-corrected chi connectivity index (χ3v) is 5.61. The molecule has 4 nitrogen and oxygen atoms in total. The van der Waals surface area contributed by atoms with E-state index in [-0.39, 0.29) is 12.3 Å². The van der Waals surface area contributed by atoms with E-state index in [0.29, 0.717) is 29.8 Å². The maximum absolute atomic E-state index is 14.8. The second kappa shape index (κ2) is 6.55. The Morgan fingerprint density at radius 2 is 1.89 bits per heavy atom. The molecule has 0 aliphatic carbocycles. The minimum Gasteiger partial charge on any atom is -0.344 e. The lowest BCUT2D eigenvalue weighted by molar-refractivity contribution is -0.137. The van der Waals surface area contributed by atoms with Gasteiger partial charge in [-0.05, 0) is 41.8 Å². The summed E-state index contributed by atoms with van der Waals surface area (Å²) < 4.78 is 53.0. The highest BCUT2D eigenvalue weighted by atomic mass is 19.4. The summed E-state index contributed by atoms with van der Waals surface area (Å²) in [5.41, 5.74) is 0.0342. The number of rotatable bonds is 2. The van der Waals surface area contributed by atoms with Gasteiger partial charge in [-0.15, -0.1) is 0 Å². The Morgan fingerprint density at radius 3 is 2.50 bits per heavy atom. The van der Waals surface area contributed by atoms with Gasteiger partial charge in [-0.3, -0.25) is 15.1 Å². The van der Waals surface area contributed by atoms with Crippen LogP contribution in [0.4, 0.5) is 17.6 Å². The summed E-state index contributed by atoms with van der Waals surface area (Å²) in [4.78, 5) is 18.3. The van der Waals surface area contributed by atoms with Gasteiger partial charge in [0.2, 0.25) is 5.91 Å². The predicted octanol–water partition coefficient (Wildman–Crippen LogP) is 3.74. The minimum atomic E-state index is -4.40. The van der Waals surface area contributed by atoms with Crippen LogP contribution >= 0.6 is 0 Å². The second-order valence-electron chi connectivity index (χ2n) is 7.45. The van der Waals surface area contributed by atoms with Crippen molar-refractivity contribution in [1.82, 2.24) is 15.2 Å². The molecule has 28 heavy (non-hydrogen) atoms. The monoisotopic (exact) mass is 393 g/mol. The number of nitrogens with zero attached hydrogens (tertiary/aromatic N) is 2. The number of nitrogens with one attached hydrogen (secondary N) is 1. The molecule has 1 amide bonds. The highest BCUT2D eigenvalue weighted by molar-refractivity contribution is 5.89. The van der Waals surface area contributed by atoms with Gasteiger partial charge in [-0.1, -0.05) is 12.1 Å². The number of pyridine rings is 1. The first-order chi connectivity index (χ1) is 13.2. The van der Waals surface area contributed by atoms with Crippen LogP contribution in [0.3, 0.4) is 0 Å². The molecular weight excluding hydrogens is 374 g/mol. The number of hydrogen-bond acceptors (Lipinski definition) is 3. The molecule has 1 N–H and O–H groups in total. The highest BCUT2D eigenvalue weighted by Crippen LogP contribution is 2.41. The van der Waals surface area contributed by atoms with Gasteiger partial charge in [0.05, 0.1) is 17.3 Å². The third kappa shape index (κ3) is 3.15. The molecule has 3 atom stereocenters. The number of amides is 1. The summed E-state index contributed by atoms with van der Waals surface area (Å²) in [5, 5.41) is 3.14. The normalized spacial score (nSPS) is 27.8. The Morgan fingerprint density at radius 1 is 1.18 bits per heavy atom. The van der Waals surface area contributed by atoms with E-state index in [0.717, 1.165) is 12.1 Å². The molecule has 1 spiro atoms. The summed E-state index contributed by atoms with van der Waals surface area (Å²) in [6.07, 6.45) is -3.53. The van der Waals surface area contributed by atoms with Crippen molar-refractivity contribution in [2.45, 2.75) is 36.8 Å². The zero-order chi connectivity index (χ0) is 20.1. The molecule has 2 aromatic rings. The number of carbonyl (C=O) groups excluding carboxylic acids is 1. The molecule has 1 aromatic heterocycles. The number of likely N-dealkylation sites (tertiary alicyclic amines) is 1. The number of hydrogen-bond donors (Lipinski definition) is 1. The summed E-state index contributed by atoms with van der Waals surface area (Å²) in [6.45, 7) is 0.574. The van der Waals surface area contributed by atoms with Crippen molar-refractivity contribution in [2.75, 3.05) is 13.6 Å². The van der Waals surface area contributed by atoms with Gasteiger partial charge in [0.1, 0.15) is 11.7 Å². The van der Waals surface area contributed by atoms with Gasteiger partial charge in [-0.2, -0.15) is 13.2 Å². The number of likely N-dealkylation sites (N-methyl/N-ethyl adjacent to an activating group) is 1. The van der Waals surface area contributed by atoms with E-state index in [1.807, 2.05) is 0 Å². The Bertz CT molecular complexity index is 899. The lowest BCUT2D eigenvalue weighted by Gasteiger charge is -2.22. The molecule has 8 heteroatoms. The second-order valence-corrected chi connectivity index (χ2v) is 7.45. The van der Waals surface area contributed by atoms with Crippen molar-refractivity contribution in [1.29, 1.82) is 0 Å². The molecule has 2 aliphatic rings. The highest BCUT2D eigenvalue weighted by Gasteiger charge is 2.54. The minimum absolute atomic E-state index is 0.0903. The van der Waals surface area contributed by atoms with Crippen LogP contribution in [0.25, 0.3) is 11.1 Å². The molecule has 2 saturated heterocycles. The van der Waals surface area contributed by atoms with E-state index >= 15 is 0 Å². The number of halogens is 4. The van der Waals surface area contributed by atoms with Gasteiger partial charge in [0, 0.05) is 26.2 Å². The topological polar surface area (TPSA) is 45.2 Å². The Kier molecular flexibility index (Phi) is 4.41. The van der Waals surface area contributed by atoms with Crippen molar-refractivity contribution in [3.05, 3.63) is 53.9 Å². The summed E-state index contributed by atoms with van der Waals surface area (Å²) >= 11 is 0. The summed E-state index contributed by atoms with van der Waals surface area (Å²) in [7, 11) is 1.70. The van der Waals surface area contributed by atoms with Gasteiger partial charge in [-0.25, -0.2) is 4.39 Å². The van der Waals surface area contributed by atoms with Crippen LogP contribution in [0.1, 0.15) is 30.1 Å². The number of aromatic nitrogens is 1. The molecule has 3 heterocycles. The molecule has 0 radical (unpaired) electrons. The lowest BCUT2D eigenvalue weighted by atomic mass is 9.95. The van der Waals surface area contributed by atoms with Gasteiger partial charge in [0.25, 0.3) is 0 Å². The van der Waals surface area contributed by atoms with Crippen LogP contribution in [0.15, 0.2) is 42.6 Å². The predicted molar refractivity (Wildman–Crippen MR) is 95.0 cm³/mol. The molecule has 2 fully saturated rings. The average molecular weight is 393 g/mol. The molecule has 0 unspecified atom stereocenters. The summed E-state index contributed by atoms with van der Waals surface area (Å²) in [5.74, 6) is -0.114. The maximum atomic E-state index is 14.8. The van der Waals surface area contributed by atoms with Gasteiger partial charge in [0.15, 0.2) is 0 Å². The first-order valence-corrected chi connectivity index (χ1v) is 9.00. The fourth-order valence-electron chi connectivity index (χ4n) is 4.06. The molecule has 4 rings (SSSR count). The SMILES string of the molecule is CN1CC[C@@]2(C[C@H](F)[C@H](c3cc(-c4ccc(C(F)(F)F)cc4)ccn3)N2)C1=O. The van der Waals surface area contributed by atoms with Crippen LogP contribution in [-0.2, 0) is 11.0 Å². The van der Waals surface area contributed by atoms with Crippen LogP contribution in [0, 0.1) is 0 Å². The van der Waals surface area contributed by atoms with E-state index in [1.54, 1.807) is 24.1 Å². The maximum Gasteiger partial charge on any atom is 0.416 e. The fourth-order valence-corrected chi connectivity index (χ4v) is 4.06. The zero-order valence-corrected chi connectivity index (χ0v) is 15.1. The average Bonchev–Trinajstić information content (AvgIpc) is 3.15. The van der Waals surface area contributed by atoms with Crippen molar-refractivity contribution in [2.24, 2.45) is 0 Å². The van der Waals surface area contributed by atoms with E-state index in [4.69, 9.17) is 0 Å². The quantitative estimate of drug-likeness (QED) is 0.791. The molecule has 0 saturated carbocycles. The van der Waals surface area contributed by atoms with Crippen molar-refractivity contribution in [3.8, 4) is 11.1 Å². The smallest absolute Gasteiger partial charge is 0.344 e. The van der Waals surface area contributed by atoms with E-state index in [1.165, 1.54) is 18.3 Å². The molecule has 0 bridgehead atoms. The van der Waals surface area contributed by atoms with Crippen molar-refractivity contribution < 1.29 is 22.4 Å². The zero-order valence-electron chi connectivity index (χ0n) is 15.1. The number of alkyl halides is 4. The van der Waals surface area contributed by atoms with Gasteiger partial charge >= 0.3 is 6.18 Å². The van der Waals surface area contributed by atoms with Crippen LogP contribution < -0.4 is 5.32 Å². The Labute approximate surface area is 159 Å². The van der Waals surface area contributed by atoms with Crippen LogP contribution in [0.2, 0.25) is 0 Å². The molecule has 2 aliphatic heterocycles. The lowest BCUT2D eigenvalue weighted by Crippen LogP contribution is -2.47. The Balaban J connectivity index is 1.60. The summed E-state index contributed by atoms with van der Waals surface area (Å²) in [6, 6.07) is 7.40. The van der Waals surface area contributed by atoms with Gasteiger partial charge < -0.3 is 4.90 Å². The van der Waals surface area contributed by atoms with E-state index < -0.39 is 29.5 Å². The first-order valence-electron chi connectivity index (χ1n) is 9.00. The molecule has 1 aromatic carbocycles. The van der Waals surface area contributed by atoms with Crippen LogP contribution in [-0.4, -0.2) is 41.1 Å². The van der Waals surface area contributed by atoms with Crippen molar-refractivity contribution >= 4 is 5.91 Å². The fraction of sp³-hybridized carbons (Fsp3) is 0.400. The molecular formula is C20H19F4N3O. The molecule has 148 valence electrons. The number of benzene rings is 1. The standard InChI is InChI=1S/C20H19F4N3O/c1-27-9-7-19(18(27)28)11-15(21)17(26-19)16-10-13(6-8-25-16)12-2-4-14(5-3-12)20(22,23)24/h2-6,8,10,15,17,26H,7,9,11H2,1H3/t15-,17+,19+/m0/s1. The van der Waals surface area contributed by atoms with Crippen molar-refractivity contribution in [3.63, 3.8) is 0 Å².